The minimum Gasteiger partial charge on any atom is -0.469 e. The maximum absolute atomic E-state index is 12.3. The SMILES string of the molecule is COC(=O)CC(NC(=O)Cc1ccc(N)cc1)c1ccc(OC(F)(F)F)cc1. The lowest BCUT2D eigenvalue weighted by Gasteiger charge is -2.19. The van der Waals surface area contributed by atoms with Gasteiger partial charge in [0.1, 0.15) is 5.75 Å². The van der Waals surface area contributed by atoms with Crippen molar-refractivity contribution in [3.05, 3.63) is 59.7 Å². The van der Waals surface area contributed by atoms with Gasteiger partial charge in [0.15, 0.2) is 0 Å². The Morgan fingerprint density at radius 3 is 2.21 bits per heavy atom. The highest BCUT2D eigenvalue weighted by atomic mass is 19.4. The van der Waals surface area contributed by atoms with E-state index in [-0.39, 0.29) is 18.7 Å². The zero-order valence-corrected chi connectivity index (χ0v) is 15.0. The van der Waals surface area contributed by atoms with Crippen molar-refractivity contribution < 1.29 is 32.2 Å². The molecule has 28 heavy (non-hydrogen) atoms. The van der Waals surface area contributed by atoms with Crippen molar-refractivity contribution in [3.8, 4) is 5.75 Å². The summed E-state index contributed by atoms with van der Waals surface area (Å²) in [5.41, 5.74) is 7.32. The van der Waals surface area contributed by atoms with Gasteiger partial charge in [-0.1, -0.05) is 24.3 Å². The first-order valence-electron chi connectivity index (χ1n) is 8.22. The van der Waals surface area contributed by atoms with E-state index in [0.29, 0.717) is 11.3 Å². The molecule has 0 bridgehead atoms. The van der Waals surface area contributed by atoms with Crippen molar-refractivity contribution in [2.24, 2.45) is 0 Å². The topological polar surface area (TPSA) is 90.7 Å². The Balaban J connectivity index is 2.11. The Morgan fingerprint density at radius 1 is 1.07 bits per heavy atom. The fourth-order valence-corrected chi connectivity index (χ4v) is 2.47. The first-order chi connectivity index (χ1) is 13.2. The normalized spacial score (nSPS) is 12.1. The molecule has 9 heteroatoms. The van der Waals surface area contributed by atoms with Gasteiger partial charge in [0.05, 0.1) is 26.0 Å². The van der Waals surface area contributed by atoms with Crippen LogP contribution >= 0.6 is 0 Å². The molecule has 0 saturated carbocycles. The Labute approximate surface area is 159 Å². The van der Waals surface area contributed by atoms with Crippen LogP contribution in [0, 0.1) is 0 Å². The average Bonchev–Trinajstić information content (AvgIpc) is 2.62. The van der Waals surface area contributed by atoms with Crippen molar-refractivity contribution in [2.45, 2.75) is 25.2 Å². The zero-order chi connectivity index (χ0) is 20.7. The molecule has 2 aromatic carbocycles. The second kappa shape index (κ2) is 9.12. The van der Waals surface area contributed by atoms with E-state index >= 15 is 0 Å². The number of nitrogens with two attached hydrogens (primary N) is 1. The molecule has 0 fully saturated rings. The van der Waals surface area contributed by atoms with Crippen LogP contribution in [0.3, 0.4) is 0 Å². The summed E-state index contributed by atoms with van der Waals surface area (Å²) >= 11 is 0. The first-order valence-corrected chi connectivity index (χ1v) is 8.22. The third-order valence-electron chi connectivity index (χ3n) is 3.79. The van der Waals surface area contributed by atoms with E-state index in [9.17, 15) is 22.8 Å². The molecule has 0 spiro atoms. The molecule has 0 saturated heterocycles. The summed E-state index contributed by atoms with van der Waals surface area (Å²) in [6.45, 7) is 0. The smallest absolute Gasteiger partial charge is 0.469 e. The highest BCUT2D eigenvalue weighted by Crippen LogP contribution is 2.25. The largest absolute Gasteiger partial charge is 0.573 e. The molecule has 2 aromatic rings. The lowest BCUT2D eigenvalue weighted by atomic mass is 10.0. The predicted molar refractivity (Wildman–Crippen MR) is 95.2 cm³/mol. The van der Waals surface area contributed by atoms with Crippen LogP contribution in [0.5, 0.6) is 5.75 Å². The van der Waals surface area contributed by atoms with Crippen LogP contribution in [0.4, 0.5) is 18.9 Å². The molecule has 1 unspecified atom stereocenters. The van der Waals surface area contributed by atoms with Crippen molar-refractivity contribution >= 4 is 17.6 Å². The van der Waals surface area contributed by atoms with Crippen LogP contribution in [0.15, 0.2) is 48.5 Å². The Bertz CT molecular complexity index is 805. The van der Waals surface area contributed by atoms with E-state index in [0.717, 1.165) is 17.7 Å². The van der Waals surface area contributed by atoms with Crippen LogP contribution in [0.2, 0.25) is 0 Å². The fourth-order valence-electron chi connectivity index (χ4n) is 2.47. The molecule has 0 radical (unpaired) electrons. The van der Waals surface area contributed by atoms with E-state index in [1.807, 2.05) is 0 Å². The van der Waals surface area contributed by atoms with Gasteiger partial charge in [-0.3, -0.25) is 9.59 Å². The molecule has 0 aliphatic heterocycles. The van der Waals surface area contributed by atoms with Crippen molar-refractivity contribution in [1.82, 2.24) is 5.32 Å². The lowest BCUT2D eigenvalue weighted by molar-refractivity contribution is -0.274. The van der Waals surface area contributed by atoms with E-state index in [1.54, 1.807) is 24.3 Å². The number of hydrogen-bond acceptors (Lipinski definition) is 5. The van der Waals surface area contributed by atoms with Gasteiger partial charge in [-0.05, 0) is 35.4 Å². The number of carbonyl (C=O) groups excluding carboxylic acids is 2. The quantitative estimate of drug-likeness (QED) is 0.554. The number of methoxy groups -OCH3 is 1. The number of ether oxygens (including phenoxy) is 2. The minimum absolute atomic E-state index is 0.0488. The highest BCUT2D eigenvalue weighted by Gasteiger charge is 2.31. The molecule has 150 valence electrons. The second-order valence-electron chi connectivity index (χ2n) is 5.94. The molecule has 0 aliphatic rings. The van der Waals surface area contributed by atoms with E-state index < -0.39 is 24.1 Å². The lowest BCUT2D eigenvalue weighted by Crippen LogP contribution is -2.31. The summed E-state index contributed by atoms with van der Waals surface area (Å²) in [7, 11) is 1.20. The van der Waals surface area contributed by atoms with Crippen LogP contribution < -0.4 is 15.8 Å². The van der Waals surface area contributed by atoms with E-state index in [4.69, 9.17) is 5.73 Å². The van der Waals surface area contributed by atoms with Crippen LogP contribution in [0.25, 0.3) is 0 Å². The monoisotopic (exact) mass is 396 g/mol. The van der Waals surface area contributed by atoms with E-state index in [1.165, 1.54) is 19.2 Å². The Hall–Kier alpha value is -3.23. The number of hydrogen-bond donors (Lipinski definition) is 2. The number of anilines is 1. The molecule has 1 amide bonds. The minimum atomic E-state index is -4.81. The molecule has 0 aromatic heterocycles. The van der Waals surface area contributed by atoms with Crippen LogP contribution in [-0.4, -0.2) is 25.3 Å². The van der Waals surface area contributed by atoms with Gasteiger partial charge in [0, 0.05) is 5.69 Å². The molecular weight excluding hydrogens is 377 g/mol. The third kappa shape index (κ3) is 6.82. The number of nitrogens with one attached hydrogen (secondary N) is 1. The van der Waals surface area contributed by atoms with Crippen molar-refractivity contribution in [2.75, 3.05) is 12.8 Å². The highest BCUT2D eigenvalue weighted by molar-refractivity contribution is 5.80. The van der Waals surface area contributed by atoms with Crippen LogP contribution in [-0.2, 0) is 20.7 Å². The number of rotatable bonds is 7. The Kier molecular flexibility index (Phi) is 6.86. The van der Waals surface area contributed by atoms with Gasteiger partial charge in [0.2, 0.25) is 5.91 Å². The summed E-state index contributed by atoms with van der Waals surface area (Å²) in [5.74, 6) is -1.34. The molecule has 6 nitrogen and oxygen atoms in total. The van der Waals surface area contributed by atoms with Gasteiger partial charge >= 0.3 is 12.3 Å². The Morgan fingerprint density at radius 2 is 1.68 bits per heavy atom. The standard InChI is InChI=1S/C19H19F3N2O4/c1-27-18(26)11-16(13-4-8-15(9-5-13)28-19(20,21)22)24-17(25)10-12-2-6-14(23)7-3-12/h2-9,16H,10-11,23H2,1H3,(H,24,25). The number of esters is 1. The average molecular weight is 396 g/mol. The molecule has 0 aliphatic carbocycles. The van der Waals surface area contributed by atoms with Gasteiger partial charge < -0.3 is 20.5 Å². The van der Waals surface area contributed by atoms with Gasteiger partial charge in [-0.2, -0.15) is 0 Å². The first kappa shape index (κ1) is 21.1. The van der Waals surface area contributed by atoms with Gasteiger partial charge in [-0.15, -0.1) is 13.2 Å². The maximum Gasteiger partial charge on any atom is 0.573 e. The van der Waals surface area contributed by atoms with Crippen molar-refractivity contribution in [1.29, 1.82) is 0 Å². The molecule has 1 atom stereocenters. The van der Waals surface area contributed by atoms with Crippen LogP contribution in [0.1, 0.15) is 23.6 Å². The summed E-state index contributed by atoms with van der Waals surface area (Å²) in [6, 6.07) is 10.9. The summed E-state index contributed by atoms with van der Waals surface area (Å²) in [5, 5.41) is 2.70. The number of alkyl halides is 3. The number of halogens is 3. The molecular formula is C19H19F3N2O4. The van der Waals surface area contributed by atoms with Gasteiger partial charge in [0.25, 0.3) is 0 Å². The number of carbonyl (C=O) groups is 2. The van der Waals surface area contributed by atoms with Crippen molar-refractivity contribution in [3.63, 3.8) is 0 Å². The molecule has 0 heterocycles. The van der Waals surface area contributed by atoms with E-state index in [2.05, 4.69) is 14.8 Å². The van der Waals surface area contributed by atoms with Gasteiger partial charge in [-0.25, -0.2) is 0 Å². The summed E-state index contributed by atoms with van der Waals surface area (Å²) < 4.78 is 45.3. The number of amides is 1. The zero-order valence-electron chi connectivity index (χ0n) is 15.0. The number of nitrogen functional groups attached to an aromatic ring is 1. The second-order valence-corrected chi connectivity index (χ2v) is 5.94. The maximum atomic E-state index is 12.3. The third-order valence-corrected chi connectivity index (χ3v) is 3.79. The predicted octanol–water partition coefficient (Wildman–Crippen LogP) is 3.13. The molecule has 2 rings (SSSR count). The summed E-state index contributed by atoms with van der Waals surface area (Å²) in [6.07, 6.45) is -4.93. The molecule has 3 N–H and O–H groups in total. The summed E-state index contributed by atoms with van der Waals surface area (Å²) in [4.78, 5) is 24.0. The number of benzene rings is 2. The fraction of sp³-hybridized carbons (Fsp3) is 0.263.